The molecule has 7 heteroatoms. The number of ether oxygens (including phenoxy) is 1. The number of nitrogens with zero attached hydrogens (tertiary/aromatic N) is 4. The normalized spacial score (nSPS) is 26.2. The highest BCUT2D eigenvalue weighted by atomic mass is 16.5. The van der Waals surface area contributed by atoms with Gasteiger partial charge in [0.25, 0.3) is 0 Å². The summed E-state index contributed by atoms with van der Waals surface area (Å²) in [5.74, 6) is 0.337. The van der Waals surface area contributed by atoms with Crippen molar-refractivity contribution >= 4 is 11.7 Å². The number of anilines is 1. The predicted octanol–water partition coefficient (Wildman–Crippen LogP) is 1.49. The lowest BCUT2D eigenvalue weighted by Gasteiger charge is -2.40. The summed E-state index contributed by atoms with van der Waals surface area (Å²) in [5, 5.41) is 2.87. The Labute approximate surface area is 146 Å². The van der Waals surface area contributed by atoms with Gasteiger partial charge in [0.15, 0.2) is 5.82 Å². The Kier molecular flexibility index (Phi) is 4.67. The van der Waals surface area contributed by atoms with Gasteiger partial charge in [0.05, 0.1) is 18.2 Å². The van der Waals surface area contributed by atoms with E-state index in [9.17, 15) is 4.79 Å². The first-order valence-electron chi connectivity index (χ1n) is 8.61. The summed E-state index contributed by atoms with van der Waals surface area (Å²) in [6.07, 6.45) is 10.3. The molecular formula is C18H21N5O2. The van der Waals surface area contributed by atoms with E-state index in [4.69, 9.17) is 4.74 Å². The summed E-state index contributed by atoms with van der Waals surface area (Å²) in [5.41, 5.74) is 1.16. The molecule has 2 saturated heterocycles. The van der Waals surface area contributed by atoms with E-state index in [1.165, 1.54) is 0 Å². The molecule has 0 radical (unpaired) electrons. The van der Waals surface area contributed by atoms with Crippen molar-refractivity contribution in [3.8, 4) is 0 Å². The highest BCUT2D eigenvalue weighted by molar-refractivity contribution is 5.91. The molecule has 2 aromatic rings. The minimum absolute atomic E-state index is 0.0226. The van der Waals surface area contributed by atoms with Crippen molar-refractivity contribution in [2.45, 2.75) is 31.5 Å². The van der Waals surface area contributed by atoms with Gasteiger partial charge in [0.1, 0.15) is 0 Å². The van der Waals surface area contributed by atoms with E-state index < -0.39 is 0 Å². The van der Waals surface area contributed by atoms with Crippen molar-refractivity contribution in [3.05, 3.63) is 48.7 Å². The minimum atomic E-state index is -0.127. The lowest BCUT2D eigenvalue weighted by molar-refractivity contribution is -0.124. The standard InChI is InChI=1S/C18H21N5O2/c24-18(22-17-10-20-5-6-21-17)14-8-16-15(3-7-25-16)23(12-14)11-13-2-1-4-19-9-13/h1-2,4-6,9-10,14-16H,3,7-8,11-12H2,(H,21,22,24)/t14-,15+,16+/m0/s1. The molecule has 0 spiro atoms. The fourth-order valence-electron chi connectivity index (χ4n) is 3.74. The van der Waals surface area contributed by atoms with Crippen LogP contribution in [0.25, 0.3) is 0 Å². The van der Waals surface area contributed by atoms with E-state index in [-0.39, 0.29) is 17.9 Å². The van der Waals surface area contributed by atoms with Crippen LogP contribution in [0.4, 0.5) is 5.82 Å². The first kappa shape index (κ1) is 16.1. The number of piperidine rings is 1. The molecule has 25 heavy (non-hydrogen) atoms. The van der Waals surface area contributed by atoms with Crippen LogP contribution in [0.1, 0.15) is 18.4 Å². The van der Waals surface area contributed by atoms with Crippen molar-refractivity contribution in [2.75, 3.05) is 18.5 Å². The molecule has 130 valence electrons. The molecule has 0 saturated carbocycles. The number of fused-ring (bicyclic) bond motifs is 1. The van der Waals surface area contributed by atoms with Gasteiger partial charge in [-0.15, -0.1) is 0 Å². The summed E-state index contributed by atoms with van der Waals surface area (Å²) in [4.78, 5) is 27.3. The number of amides is 1. The maximum Gasteiger partial charge on any atom is 0.230 e. The van der Waals surface area contributed by atoms with Crippen LogP contribution in [0.2, 0.25) is 0 Å². The maximum absolute atomic E-state index is 12.7. The van der Waals surface area contributed by atoms with Gasteiger partial charge in [-0.1, -0.05) is 6.07 Å². The van der Waals surface area contributed by atoms with Crippen molar-refractivity contribution in [2.24, 2.45) is 5.92 Å². The summed E-state index contributed by atoms with van der Waals surface area (Å²) in [7, 11) is 0. The average Bonchev–Trinajstić information content (AvgIpc) is 3.12. The van der Waals surface area contributed by atoms with Crippen LogP contribution in [-0.2, 0) is 16.1 Å². The average molecular weight is 339 g/mol. The molecule has 2 aromatic heterocycles. The minimum Gasteiger partial charge on any atom is -0.377 e. The first-order chi connectivity index (χ1) is 12.3. The summed E-state index contributed by atoms with van der Waals surface area (Å²) < 4.78 is 5.89. The molecule has 2 aliphatic heterocycles. The highest BCUT2D eigenvalue weighted by Gasteiger charge is 2.42. The molecule has 1 amide bonds. The van der Waals surface area contributed by atoms with Crippen LogP contribution in [-0.4, -0.2) is 51.1 Å². The predicted molar refractivity (Wildman–Crippen MR) is 91.6 cm³/mol. The van der Waals surface area contributed by atoms with Gasteiger partial charge in [-0.25, -0.2) is 4.98 Å². The summed E-state index contributed by atoms with van der Waals surface area (Å²) in [6, 6.07) is 4.39. The van der Waals surface area contributed by atoms with E-state index in [0.717, 1.165) is 31.6 Å². The molecule has 3 atom stereocenters. The smallest absolute Gasteiger partial charge is 0.230 e. The molecule has 0 bridgehead atoms. The lowest BCUT2D eigenvalue weighted by atomic mass is 9.89. The molecule has 4 rings (SSSR count). The molecule has 0 unspecified atom stereocenters. The topological polar surface area (TPSA) is 80.2 Å². The van der Waals surface area contributed by atoms with E-state index in [2.05, 4.69) is 31.2 Å². The highest BCUT2D eigenvalue weighted by Crippen LogP contribution is 2.32. The Morgan fingerprint density at radius 1 is 1.28 bits per heavy atom. The number of hydrogen-bond donors (Lipinski definition) is 1. The fourth-order valence-corrected chi connectivity index (χ4v) is 3.74. The second kappa shape index (κ2) is 7.25. The van der Waals surface area contributed by atoms with Gasteiger partial charge in [-0.2, -0.15) is 0 Å². The largest absolute Gasteiger partial charge is 0.377 e. The number of likely N-dealkylation sites (tertiary alicyclic amines) is 1. The van der Waals surface area contributed by atoms with Crippen molar-refractivity contribution in [1.29, 1.82) is 0 Å². The van der Waals surface area contributed by atoms with Crippen LogP contribution in [0.3, 0.4) is 0 Å². The first-order valence-corrected chi connectivity index (χ1v) is 8.61. The zero-order valence-electron chi connectivity index (χ0n) is 13.9. The molecule has 4 heterocycles. The fraction of sp³-hybridized carbons (Fsp3) is 0.444. The molecule has 0 aliphatic carbocycles. The Hall–Kier alpha value is -2.38. The van der Waals surface area contributed by atoms with Crippen molar-refractivity contribution in [1.82, 2.24) is 19.9 Å². The number of pyridine rings is 1. The molecular weight excluding hydrogens is 318 g/mol. The Balaban J connectivity index is 1.47. The second-order valence-corrected chi connectivity index (χ2v) is 6.57. The Bertz CT molecular complexity index is 712. The van der Waals surface area contributed by atoms with Crippen LogP contribution in [0.15, 0.2) is 43.1 Å². The van der Waals surface area contributed by atoms with Crippen molar-refractivity contribution < 1.29 is 9.53 Å². The number of nitrogens with one attached hydrogen (secondary N) is 1. The van der Waals surface area contributed by atoms with Crippen LogP contribution >= 0.6 is 0 Å². The van der Waals surface area contributed by atoms with Gasteiger partial charge in [0.2, 0.25) is 5.91 Å². The number of carbonyl (C=O) groups is 1. The molecule has 1 N–H and O–H groups in total. The van der Waals surface area contributed by atoms with Crippen LogP contribution in [0.5, 0.6) is 0 Å². The van der Waals surface area contributed by atoms with E-state index >= 15 is 0 Å². The van der Waals surface area contributed by atoms with E-state index in [1.807, 2.05) is 12.3 Å². The zero-order chi connectivity index (χ0) is 17.1. The van der Waals surface area contributed by atoms with Gasteiger partial charge in [0, 0.05) is 50.5 Å². The second-order valence-electron chi connectivity index (χ2n) is 6.57. The number of carbonyl (C=O) groups excluding carboxylic acids is 1. The third kappa shape index (κ3) is 3.67. The molecule has 7 nitrogen and oxygen atoms in total. The van der Waals surface area contributed by atoms with Crippen molar-refractivity contribution in [3.63, 3.8) is 0 Å². The maximum atomic E-state index is 12.7. The van der Waals surface area contributed by atoms with Gasteiger partial charge in [-0.3, -0.25) is 19.7 Å². The third-order valence-corrected chi connectivity index (χ3v) is 4.91. The van der Waals surface area contributed by atoms with Gasteiger partial charge >= 0.3 is 0 Å². The van der Waals surface area contributed by atoms with Gasteiger partial charge < -0.3 is 10.1 Å². The van der Waals surface area contributed by atoms with Crippen LogP contribution < -0.4 is 5.32 Å². The zero-order valence-corrected chi connectivity index (χ0v) is 13.9. The summed E-state index contributed by atoms with van der Waals surface area (Å²) >= 11 is 0. The number of aromatic nitrogens is 3. The lowest BCUT2D eigenvalue weighted by Crippen LogP contribution is -2.51. The van der Waals surface area contributed by atoms with E-state index in [0.29, 0.717) is 18.4 Å². The van der Waals surface area contributed by atoms with Gasteiger partial charge in [-0.05, 0) is 24.5 Å². The van der Waals surface area contributed by atoms with E-state index in [1.54, 1.807) is 24.8 Å². The SMILES string of the molecule is O=C(Nc1cnccn1)[C@H]1C[C@H]2OCC[C@H]2N(Cc2cccnc2)C1. The quantitative estimate of drug-likeness (QED) is 0.909. The number of hydrogen-bond acceptors (Lipinski definition) is 6. The molecule has 2 fully saturated rings. The third-order valence-electron chi connectivity index (χ3n) is 4.91. The van der Waals surface area contributed by atoms with Crippen LogP contribution in [0, 0.1) is 5.92 Å². The monoisotopic (exact) mass is 339 g/mol. The number of rotatable bonds is 4. The summed E-state index contributed by atoms with van der Waals surface area (Å²) in [6.45, 7) is 2.26. The molecule has 2 aliphatic rings. The Morgan fingerprint density at radius 3 is 3.00 bits per heavy atom. The molecule has 0 aromatic carbocycles. The Morgan fingerprint density at radius 2 is 2.20 bits per heavy atom.